The Bertz CT molecular complexity index is 1940. The molecule has 0 rings (SSSR count). The highest BCUT2D eigenvalue weighted by Gasteiger charge is 2.30. The summed E-state index contributed by atoms with van der Waals surface area (Å²) in [5.74, 6) is -0.667. The maximum absolute atomic E-state index is 13.1. The first-order chi connectivity index (χ1) is 48.9. The number of unbranched alkanes of at least 4 members (excludes halogenated alkanes) is 51. The Morgan fingerprint density at radius 1 is 0.267 bits per heavy atom. The zero-order valence-electron chi connectivity index (χ0n) is 66.2. The third-order valence-corrected chi connectivity index (χ3v) is 21.1. The topological polar surface area (TPSA) is 237 Å². The molecule has 0 aliphatic rings. The molecule has 0 amide bonds. The zero-order chi connectivity index (χ0) is 74.2. The van der Waals surface area contributed by atoms with Gasteiger partial charge in [-0.1, -0.05) is 382 Å². The number of phosphoric acid groups is 2. The van der Waals surface area contributed by atoms with E-state index in [1.54, 1.807) is 0 Å². The van der Waals surface area contributed by atoms with Gasteiger partial charge in [0.25, 0.3) is 0 Å². The minimum Gasteiger partial charge on any atom is -0.462 e. The number of carbonyl (C=O) groups is 4. The molecule has 101 heavy (non-hydrogen) atoms. The molecule has 0 fully saturated rings. The number of esters is 4. The van der Waals surface area contributed by atoms with Gasteiger partial charge in [0.2, 0.25) is 0 Å². The monoisotopic (exact) mass is 1480 g/mol. The molecule has 5 atom stereocenters. The van der Waals surface area contributed by atoms with Gasteiger partial charge in [0.1, 0.15) is 19.3 Å². The van der Waals surface area contributed by atoms with Crippen LogP contribution >= 0.6 is 15.6 Å². The van der Waals surface area contributed by atoms with Gasteiger partial charge in [-0.15, -0.1) is 0 Å². The van der Waals surface area contributed by atoms with Gasteiger partial charge in [-0.2, -0.15) is 0 Å². The van der Waals surface area contributed by atoms with Crippen LogP contribution in [-0.4, -0.2) is 96.7 Å². The molecular weight excluding hydrogens is 1320 g/mol. The summed E-state index contributed by atoms with van der Waals surface area (Å²) in [6.07, 6.45) is 64.1. The fourth-order valence-corrected chi connectivity index (χ4v) is 14.3. The largest absolute Gasteiger partial charge is 0.472 e. The second kappa shape index (κ2) is 73.6. The minimum absolute atomic E-state index is 0.104. The van der Waals surface area contributed by atoms with Crippen molar-refractivity contribution in [2.75, 3.05) is 39.6 Å². The molecule has 0 radical (unpaired) electrons. The van der Waals surface area contributed by atoms with Crippen LogP contribution in [0.25, 0.3) is 0 Å². The highest BCUT2D eigenvalue weighted by Crippen LogP contribution is 2.45. The first-order valence-electron chi connectivity index (χ1n) is 42.5. The molecule has 0 aromatic heterocycles. The standard InChI is InChI=1S/C82H160O17P2/c1-7-9-11-13-15-17-19-21-23-25-26-27-28-29-31-33-35-37-39-48-54-60-66-81(86)98-77(70-92-79(84)64-58-52-46-38-36-34-32-30-24-22-20-18-16-14-12-10-8-2)72-96-100(88,89)94-68-76(83)69-95-101(90,91)97-73-78(99-82(87)67-61-55-49-43-41-45-51-57-63-75(5)6)71-93-80(85)65-59-53-47-42-40-44-50-56-62-74(3)4/h74-78,83H,7-73H2,1-6H3,(H,88,89)(H,90,91)/t76-,77-,78-/m1/s1. The molecule has 3 N–H and O–H groups in total. The zero-order valence-corrected chi connectivity index (χ0v) is 68.0. The third kappa shape index (κ3) is 76.1. The summed E-state index contributed by atoms with van der Waals surface area (Å²) in [5, 5.41) is 10.6. The first kappa shape index (κ1) is 99.1. The van der Waals surface area contributed by atoms with Crippen LogP contribution in [0.3, 0.4) is 0 Å². The number of hydrogen-bond acceptors (Lipinski definition) is 15. The fraction of sp³-hybridized carbons (Fsp3) is 0.951. The van der Waals surface area contributed by atoms with Crippen molar-refractivity contribution in [3.05, 3.63) is 0 Å². The lowest BCUT2D eigenvalue weighted by Gasteiger charge is -2.21. The Kier molecular flexibility index (Phi) is 72.2. The van der Waals surface area contributed by atoms with Crippen molar-refractivity contribution in [1.82, 2.24) is 0 Å². The molecule has 0 heterocycles. The maximum Gasteiger partial charge on any atom is 0.472 e. The molecule has 600 valence electrons. The van der Waals surface area contributed by atoms with Crippen LogP contribution in [0.15, 0.2) is 0 Å². The number of phosphoric ester groups is 2. The van der Waals surface area contributed by atoms with E-state index < -0.39 is 97.5 Å². The Balaban J connectivity index is 5.20. The number of carbonyl (C=O) groups excluding carboxylic acids is 4. The van der Waals surface area contributed by atoms with Gasteiger partial charge < -0.3 is 33.8 Å². The van der Waals surface area contributed by atoms with Crippen LogP contribution in [0.2, 0.25) is 0 Å². The smallest absolute Gasteiger partial charge is 0.462 e. The summed E-state index contributed by atoms with van der Waals surface area (Å²) in [4.78, 5) is 73.0. The predicted molar refractivity (Wildman–Crippen MR) is 414 cm³/mol. The average molecular weight is 1480 g/mol. The molecule has 0 saturated heterocycles. The Morgan fingerprint density at radius 3 is 0.673 bits per heavy atom. The second-order valence-corrected chi connectivity index (χ2v) is 33.4. The number of rotatable bonds is 81. The van der Waals surface area contributed by atoms with Crippen molar-refractivity contribution >= 4 is 39.5 Å². The molecule has 0 aromatic rings. The minimum atomic E-state index is -4.96. The van der Waals surface area contributed by atoms with E-state index in [4.69, 9.17) is 37.0 Å². The van der Waals surface area contributed by atoms with Crippen molar-refractivity contribution in [2.45, 2.75) is 452 Å². The predicted octanol–water partition coefficient (Wildman–Crippen LogP) is 24.7. The summed E-state index contributed by atoms with van der Waals surface area (Å²) >= 11 is 0. The van der Waals surface area contributed by atoms with Crippen LogP contribution in [-0.2, 0) is 65.4 Å². The van der Waals surface area contributed by atoms with Crippen molar-refractivity contribution in [3.63, 3.8) is 0 Å². The molecule has 0 saturated carbocycles. The van der Waals surface area contributed by atoms with E-state index in [0.29, 0.717) is 25.7 Å². The van der Waals surface area contributed by atoms with Crippen LogP contribution < -0.4 is 0 Å². The van der Waals surface area contributed by atoms with Gasteiger partial charge in [-0.3, -0.25) is 37.3 Å². The SMILES string of the molecule is CCCCCCCCCCCCCCCCCCCCCCCCC(=O)O[C@H](COC(=O)CCCCCCCCCCCCCCCCCCC)COP(=O)(O)OC[C@@H](O)COP(=O)(O)OC[C@@H](COC(=O)CCCCCCCCCCC(C)C)OC(=O)CCCCCCCCCCC(C)C. The molecule has 0 bridgehead atoms. The lowest BCUT2D eigenvalue weighted by molar-refractivity contribution is -0.161. The van der Waals surface area contributed by atoms with E-state index in [9.17, 15) is 43.2 Å². The molecule has 2 unspecified atom stereocenters. The molecular formula is C82H160O17P2. The lowest BCUT2D eigenvalue weighted by Crippen LogP contribution is -2.30. The third-order valence-electron chi connectivity index (χ3n) is 19.2. The summed E-state index contributed by atoms with van der Waals surface area (Å²) in [5.41, 5.74) is 0. The Hall–Kier alpha value is -1.94. The van der Waals surface area contributed by atoms with Crippen molar-refractivity contribution < 1.29 is 80.2 Å². The van der Waals surface area contributed by atoms with Crippen molar-refractivity contribution in [1.29, 1.82) is 0 Å². The van der Waals surface area contributed by atoms with E-state index in [2.05, 4.69) is 41.5 Å². The molecule has 0 spiro atoms. The van der Waals surface area contributed by atoms with E-state index in [1.807, 2.05) is 0 Å². The second-order valence-electron chi connectivity index (χ2n) is 30.5. The van der Waals surface area contributed by atoms with Crippen molar-refractivity contribution in [3.8, 4) is 0 Å². The van der Waals surface area contributed by atoms with Gasteiger partial charge in [0.15, 0.2) is 12.2 Å². The van der Waals surface area contributed by atoms with E-state index in [1.165, 1.54) is 250 Å². The van der Waals surface area contributed by atoms with Gasteiger partial charge in [0, 0.05) is 25.7 Å². The number of hydrogen-bond donors (Lipinski definition) is 3. The number of ether oxygens (including phenoxy) is 4. The van der Waals surface area contributed by atoms with Gasteiger partial charge in [-0.25, -0.2) is 9.13 Å². The Labute approximate surface area is 619 Å². The quantitative estimate of drug-likeness (QED) is 0.0222. The van der Waals surface area contributed by atoms with Crippen LogP contribution in [0.4, 0.5) is 0 Å². The van der Waals surface area contributed by atoms with E-state index in [-0.39, 0.29) is 25.7 Å². The lowest BCUT2D eigenvalue weighted by atomic mass is 10.0. The molecule has 0 aliphatic carbocycles. The highest BCUT2D eigenvalue weighted by molar-refractivity contribution is 7.47. The summed E-state index contributed by atoms with van der Waals surface area (Å²) in [6, 6.07) is 0. The fourth-order valence-electron chi connectivity index (χ4n) is 12.7. The summed E-state index contributed by atoms with van der Waals surface area (Å²) in [6.45, 7) is 9.56. The molecule has 17 nitrogen and oxygen atoms in total. The van der Waals surface area contributed by atoms with Crippen LogP contribution in [0.1, 0.15) is 433 Å². The van der Waals surface area contributed by atoms with Crippen molar-refractivity contribution in [2.24, 2.45) is 11.8 Å². The molecule has 0 aliphatic heterocycles. The van der Waals surface area contributed by atoms with Crippen LogP contribution in [0, 0.1) is 11.8 Å². The number of aliphatic hydroxyl groups excluding tert-OH is 1. The molecule has 19 heteroatoms. The first-order valence-corrected chi connectivity index (χ1v) is 45.5. The molecule has 0 aromatic carbocycles. The van der Waals surface area contributed by atoms with E-state index in [0.717, 1.165) is 102 Å². The summed E-state index contributed by atoms with van der Waals surface area (Å²) in [7, 11) is -9.92. The number of aliphatic hydroxyl groups is 1. The highest BCUT2D eigenvalue weighted by atomic mass is 31.2. The Morgan fingerprint density at radius 2 is 0.455 bits per heavy atom. The average Bonchev–Trinajstić information content (AvgIpc) is 0.972. The summed E-state index contributed by atoms with van der Waals surface area (Å²) < 4.78 is 68.7. The van der Waals surface area contributed by atoms with E-state index >= 15 is 0 Å². The normalized spacial score (nSPS) is 13.9. The van der Waals surface area contributed by atoms with Gasteiger partial charge in [-0.05, 0) is 37.5 Å². The van der Waals surface area contributed by atoms with Gasteiger partial charge in [0.05, 0.1) is 26.4 Å². The van der Waals surface area contributed by atoms with Gasteiger partial charge >= 0.3 is 39.5 Å². The van der Waals surface area contributed by atoms with Crippen LogP contribution in [0.5, 0.6) is 0 Å². The maximum atomic E-state index is 13.1.